The highest BCUT2D eigenvalue weighted by atomic mass is 35.5. The van der Waals surface area contributed by atoms with Crippen molar-refractivity contribution in [2.45, 2.75) is 33.4 Å². The minimum atomic E-state index is -0.450. The minimum absolute atomic E-state index is 0.275. The van der Waals surface area contributed by atoms with Gasteiger partial charge >= 0.3 is 5.97 Å². The molecule has 0 aromatic heterocycles. The van der Waals surface area contributed by atoms with Crippen LogP contribution < -0.4 is 4.74 Å². The van der Waals surface area contributed by atoms with Gasteiger partial charge < -0.3 is 14.4 Å². The maximum atomic E-state index is 12.8. The molecule has 2 heterocycles. The highest BCUT2D eigenvalue weighted by molar-refractivity contribution is 8.16. The summed E-state index contributed by atoms with van der Waals surface area (Å²) in [5.74, 6) is 0.00197. The number of ether oxygens (including phenoxy) is 2. The van der Waals surface area contributed by atoms with Gasteiger partial charge in [0, 0.05) is 6.20 Å². The molecule has 8 heteroatoms. The molecule has 2 aliphatic heterocycles. The van der Waals surface area contributed by atoms with Crippen molar-refractivity contribution in [3.63, 3.8) is 0 Å². The van der Waals surface area contributed by atoms with E-state index in [1.807, 2.05) is 54.6 Å². The number of fused-ring (bicyclic) bond motifs is 1. The summed E-state index contributed by atoms with van der Waals surface area (Å²) in [6.07, 6.45) is 1.89. The van der Waals surface area contributed by atoms with Crippen LogP contribution in [0.1, 0.15) is 36.6 Å². The van der Waals surface area contributed by atoms with Crippen LogP contribution in [0.15, 0.2) is 64.3 Å². The topological polar surface area (TPSA) is 51.1 Å². The summed E-state index contributed by atoms with van der Waals surface area (Å²) in [5, 5.41) is 3.46. The summed E-state index contributed by atoms with van der Waals surface area (Å²) < 4.78 is 11.3. The first kappa shape index (κ1) is 22.8. The third-order valence-corrected chi connectivity index (χ3v) is 6.49. The molecule has 4 rings (SSSR count). The van der Waals surface area contributed by atoms with Gasteiger partial charge in [0.05, 0.1) is 34.0 Å². The molecule has 0 aliphatic carbocycles. The van der Waals surface area contributed by atoms with E-state index in [0.29, 0.717) is 33.7 Å². The van der Waals surface area contributed by atoms with Crippen LogP contribution in [0.3, 0.4) is 0 Å². The van der Waals surface area contributed by atoms with Gasteiger partial charge in [-0.1, -0.05) is 64.8 Å². The minimum Gasteiger partial charge on any atom is -0.486 e. The lowest BCUT2D eigenvalue weighted by Crippen LogP contribution is -2.34. The van der Waals surface area contributed by atoms with E-state index in [0.717, 1.165) is 16.3 Å². The van der Waals surface area contributed by atoms with Crippen molar-refractivity contribution in [2.75, 3.05) is 6.61 Å². The summed E-state index contributed by atoms with van der Waals surface area (Å²) in [7, 11) is 0. The molecular weight excluding hydrogens is 467 g/mol. The van der Waals surface area contributed by atoms with Crippen LogP contribution in [-0.4, -0.2) is 22.6 Å². The van der Waals surface area contributed by atoms with Gasteiger partial charge in [-0.15, -0.1) is 0 Å². The van der Waals surface area contributed by atoms with Gasteiger partial charge in [0.15, 0.2) is 10.9 Å². The standard InChI is InChI=1S/C24H22Cl2N2O3S/c1-4-30-23(29)20-15(3)27-24-28(9-10-32-24)21(20)17-11-18(25)22(19(26)12-17)31-13-16-7-5-14(2)6-8-16/h5-12,21H,4,13H2,1-3H3/t21-/m1/s1. The Morgan fingerprint density at radius 3 is 2.50 bits per heavy atom. The molecule has 2 aromatic rings. The van der Waals surface area contributed by atoms with Crippen molar-refractivity contribution in [1.29, 1.82) is 0 Å². The molecule has 0 saturated carbocycles. The number of hydrogen-bond acceptors (Lipinski definition) is 6. The quantitative estimate of drug-likeness (QED) is 0.426. The average Bonchev–Trinajstić information content (AvgIpc) is 3.21. The van der Waals surface area contributed by atoms with E-state index in [-0.39, 0.29) is 6.61 Å². The van der Waals surface area contributed by atoms with E-state index in [1.54, 1.807) is 19.1 Å². The predicted octanol–water partition coefficient (Wildman–Crippen LogP) is 6.65. The summed E-state index contributed by atoms with van der Waals surface area (Å²) in [5.41, 5.74) is 4.03. The normalized spacial score (nSPS) is 17.3. The van der Waals surface area contributed by atoms with Crippen molar-refractivity contribution in [2.24, 2.45) is 4.99 Å². The molecule has 166 valence electrons. The molecule has 2 aliphatic rings. The van der Waals surface area contributed by atoms with Crippen molar-refractivity contribution in [1.82, 2.24) is 4.90 Å². The van der Waals surface area contributed by atoms with Gasteiger partial charge in [-0.3, -0.25) is 0 Å². The van der Waals surface area contributed by atoms with Gasteiger partial charge in [0.25, 0.3) is 0 Å². The monoisotopic (exact) mass is 488 g/mol. The van der Waals surface area contributed by atoms with Crippen LogP contribution in [0.2, 0.25) is 10.0 Å². The van der Waals surface area contributed by atoms with Crippen molar-refractivity contribution in [3.8, 4) is 5.75 Å². The molecule has 0 amide bonds. The zero-order valence-electron chi connectivity index (χ0n) is 17.9. The van der Waals surface area contributed by atoms with Crippen LogP contribution >= 0.6 is 35.0 Å². The van der Waals surface area contributed by atoms with Crippen LogP contribution in [0.5, 0.6) is 5.75 Å². The Hall–Kier alpha value is -2.41. The first-order chi connectivity index (χ1) is 15.4. The number of aliphatic imine (C=N–C) groups is 1. The molecule has 0 radical (unpaired) electrons. The number of thioether (sulfide) groups is 1. The highest BCUT2D eigenvalue weighted by Crippen LogP contribution is 2.44. The van der Waals surface area contributed by atoms with E-state index in [4.69, 9.17) is 32.7 Å². The Kier molecular flexibility index (Phi) is 6.84. The molecule has 2 aromatic carbocycles. The van der Waals surface area contributed by atoms with Crippen molar-refractivity contribution < 1.29 is 14.3 Å². The van der Waals surface area contributed by atoms with E-state index >= 15 is 0 Å². The smallest absolute Gasteiger partial charge is 0.338 e. The molecule has 5 nitrogen and oxygen atoms in total. The van der Waals surface area contributed by atoms with Crippen LogP contribution in [0.4, 0.5) is 0 Å². The lowest BCUT2D eigenvalue weighted by Gasteiger charge is -2.33. The second-order valence-electron chi connectivity index (χ2n) is 7.41. The van der Waals surface area contributed by atoms with E-state index in [1.165, 1.54) is 17.3 Å². The van der Waals surface area contributed by atoms with Crippen LogP contribution in [-0.2, 0) is 16.1 Å². The number of aryl methyl sites for hydroxylation is 1. The van der Waals surface area contributed by atoms with Crippen molar-refractivity contribution in [3.05, 3.63) is 86.0 Å². The summed E-state index contributed by atoms with van der Waals surface area (Å²) in [4.78, 5) is 19.3. The van der Waals surface area contributed by atoms with Gasteiger partial charge in [0.2, 0.25) is 0 Å². The number of nitrogens with zero attached hydrogens (tertiary/aromatic N) is 2. The Morgan fingerprint density at radius 1 is 1.16 bits per heavy atom. The second-order valence-corrected chi connectivity index (χ2v) is 9.10. The SMILES string of the molecule is CCOC(=O)C1=C(C)N=C2SC=CN2[C@@H]1c1cc(Cl)c(OCc2ccc(C)cc2)c(Cl)c1. The first-order valence-corrected chi connectivity index (χ1v) is 11.8. The number of allylic oxidation sites excluding steroid dienone is 1. The van der Waals surface area contributed by atoms with Gasteiger partial charge in [0.1, 0.15) is 6.61 Å². The van der Waals surface area contributed by atoms with Crippen LogP contribution in [0.25, 0.3) is 0 Å². The number of rotatable bonds is 6. The zero-order chi connectivity index (χ0) is 22.8. The lowest BCUT2D eigenvalue weighted by atomic mass is 9.94. The molecule has 0 N–H and O–H groups in total. The number of esters is 1. The summed E-state index contributed by atoms with van der Waals surface area (Å²) >= 11 is 14.7. The third kappa shape index (κ3) is 4.53. The third-order valence-electron chi connectivity index (χ3n) is 5.16. The van der Waals surface area contributed by atoms with Gasteiger partial charge in [-0.05, 0) is 49.4 Å². The molecule has 0 fully saturated rings. The lowest BCUT2D eigenvalue weighted by molar-refractivity contribution is -0.139. The molecule has 0 saturated heterocycles. The van der Waals surface area contributed by atoms with E-state index in [9.17, 15) is 4.79 Å². The summed E-state index contributed by atoms with van der Waals surface area (Å²) in [6.45, 7) is 6.24. The Balaban J connectivity index is 1.67. The Morgan fingerprint density at radius 2 is 1.84 bits per heavy atom. The number of amidine groups is 1. The number of hydrogen-bond donors (Lipinski definition) is 0. The number of benzene rings is 2. The fourth-order valence-corrected chi connectivity index (χ4v) is 5.02. The molecule has 1 atom stereocenters. The molecule has 0 bridgehead atoms. The predicted molar refractivity (Wildman–Crippen MR) is 130 cm³/mol. The zero-order valence-corrected chi connectivity index (χ0v) is 20.2. The molecule has 32 heavy (non-hydrogen) atoms. The fraction of sp³-hybridized carbons (Fsp3) is 0.250. The van der Waals surface area contributed by atoms with E-state index < -0.39 is 12.0 Å². The number of halogens is 2. The summed E-state index contributed by atoms with van der Waals surface area (Å²) in [6, 6.07) is 11.2. The maximum absolute atomic E-state index is 12.8. The fourth-order valence-electron chi connectivity index (χ4n) is 3.61. The second kappa shape index (κ2) is 9.61. The van der Waals surface area contributed by atoms with E-state index in [2.05, 4.69) is 4.99 Å². The molecule has 0 spiro atoms. The number of carbonyl (C=O) groups is 1. The first-order valence-electron chi connectivity index (χ1n) is 10.1. The Labute approximate surface area is 201 Å². The highest BCUT2D eigenvalue weighted by Gasteiger charge is 2.38. The van der Waals surface area contributed by atoms with Gasteiger partial charge in [-0.2, -0.15) is 0 Å². The maximum Gasteiger partial charge on any atom is 0.338 e. The van der Waals surface area contributed by atoms with Crippen LogP contribution in [0, 0.1) is 6.92 Å². The number of carbonyl (C=O) groups excluding carboxylic acids is 1. The van der Waals surface area contributed by atoms with Gasteiger partial charge in [-0.25, -0.2) is 9.79 Å². The largest absolute Gasteiger partial charge is 0.486 e. The molecular formula is C24H22Cl2N2O3S. The Bertz CT molecular complexity index is 1120. The average molecular weight is 489 g/mol. The molecule has 0 unspecified atom stereocenters. The van der Waals surface area contributed by atoms with Crippen molar-refractivity contribution >= 4 is 46.1 Å².